The molecule has 0 amide bonds. The molecule has 1 heterocycles. The minimum atomic E-state index is -0.236. The summed E-state index contributed by atoms with van der Waals surface area (Å²) in [6.07, 6.45) is 3.13. The van der Waals surface area contributed by atoms with Crippen molar-refractivity contribution in [2.24, 2.45) is 5.73 Å². The largest absolute Gasteiger partial charge is 0.330 e. The third kappa shape index (κ3) is 2.43. The highest BCUT2D eigenvalue weighted by Crippen LogP contribution is 2.16. The van der Waals surface area contributed by atoms with Crippen LogP contribution in [-0.2, 0) is 6.54 Å². The molecule has 4 nitrogen and oxygen atoms in total. The van der Waals surface area contributed by atoms with Crippen molar-refractivity contribution in [1.29, 1.82) is 0 Å². The van der Waals surface area contributed by atoms with Crippen LogP contribution < -0.4 is 5.73 Å². The van der Waals surface area contributed by atoms with E-state index in [1.165, 1.54) is 18.5 Å². The summed E-state index contributed by atoms with van der Waals surface area (Å²) in [5.41, 5.74) is 6.72. The molecular weight excluding hydrogens is 207 g/mol. The first-order chi connectivity index (χ1) is 7.79. The van der Waals surface area contributed by atoms with Crippen LogP contribution in [0.15, 0.2) is 36.9 Å². The first-order valence-electron chi connectivity index (χ1n) is 5.07. The summed E-state index contributed by atoms with van der Waals surface area (Å²) in [4.78, 5) is 3.87. The van der Waals surface area contributed by atoms with Gasteiger partial charge in [-0.05, 0) is 17.7 Å². The van der Waals surface area contributed by atoms with Gasteiger partial charge in [-0.3, -0.25) is 4.68 Å². The van der Waals surface area contributed by atoms with Gasteiger partial charge >= 0.3 is 0 Å². The van der Waals surface area contributed by atoms with Crippen LogP contribution in [0.25, 0.3) is 0 Å². The molecule has 0 saturated heterocycles. The van der Waals surface area contributed by atoms with E-state index in [-0.39, 0.29) is 11.7 Å². The Balaban J connectivity index is 2.13. The normalized spacial score (nSPS) is 12.6. The third-order valence-electron chi connectivity index (χ3n) is 2.50. The minimum Gasteiger partial charge on any atom is -0.330 e. The van der Waals surface area contributed by atoms with Gasteiger partial charge in [0.15, 0.2) is 0 Å². The Hall–Kier alpha value is -1.75. The molecule has 0 spiro atoms. The molecule has 0 aliphatic carbocycles. The monoisotopic (exact) mass is 220 g/mol. The second-order valence-corrected chi connectivity index (χ2v) is 3.60. The van der Waals surface area contributed by atoms with Gasteiger partial charge in [-0.15, -0.1) is 0 Å². The first-order valence-corrected chi connectivity index (χ1v) is 5.07. The van der Waals surface area contributed by atoms with Gasteiger partial charge in [-0.25, -0.2) is 9.37 Å². The average molecular weight is 220 g/mol. The Labute approximate surface area is 92.9 Å². The van der Waals surface area contributed by atoms with Crippen molar-refractivity contribution < 1.29 is 4.39 Å². The molecule has 0 fully saturated rings. The lowest BCUT2D eigenvalue weighted by Gasteiger charge is -2.14. The molecule has 1 unspecified atom stereocenters. The maximum absolute atomic E-state index is 12.8. The number of nitrogens with zero attached hydrogens (tertiary/aromatic N) is 3. The van der Waals surface area contributed by atoms with E-state index < -0.39 is 0 Å². The number of halogens is 1. The predicted octanol–water partition coefficient (Wildman–Crippen LogP) is 1.16. The molecule has 0 aliphatic heterocycles. The molecule has 1 atom stereocenters. The molecule has 1 aromatic heterocycles. The summed E-state index contributed by atoms with van der Waals surface area (Å²) < 4.78 is 14.5. The average Bonchev–Trinajstić information content (AvgIpc) is 2.80. The lowest BCUT2D eigenvalue weighted by Crippen LogP contribution is -2.18. The van der Waals surface area contributed by atoms with Gasteiger partial charge in [-0.2, -0.15) is 5.10 Å². The molecule has 1 aromatic carbocycles. The van der Waals surface area contributed by atoms with Crippen molar-refractivity contribution in [2.45, 2.75) is 12.5 Å². The fourth-order valence-corrected chi connectivity index (χ4v) is 1.60. The van der Waals surface area contributed by atoms with Crippen molar-refractivity contribution in [3.05, 3.63) is 48.3 Å². The topological polar surface area (TPSA) is 56.7 Å². The molecule has 0 radical (unpaired) electrons. The number of nitrogens with two attached hydrogens (primary N) is 1. The highest BCUT2D eigenvalue weighted by Gasteiger charge is 2.10. The summed E-state index contributed by atoms with van der Waals surface area (Å²) in [7, 11) is 0. The Kier molecular flexibility index (Phi) is 3.26. The van der Waals surface area contributed by atoms with Gasteiger partial charge in [0.25, 0.3) is 0 Å². The van der Waals surface area contributed by atoms with Crippen molar-refractivity contribution >= 4 is 0 Å². The van der Waals surface area contributed by atoms with Gasteiger partial charge in [0.1, 0.15) is 18.5 Å². The fourth-order valence-electron chi connectivity index (χ4n) is 1.60. The van der Waals surface area contributed by atoms with Crippen molar-refractivity contribution in [2.75, 3.05) is 6.54 Å². The van der Waals surface area contributed by atoms with E-state index >= 15 is 0 Å². The lowest BCUT2D eigenvalue weighted by molar-refractivity contribution is 0.519. The standard InChI is InChI=1S/C11H13FN4/c12-11-3-1-9(2-4-11)10(5-13)6-16-8-14-7-15-16/h1-4,7-8,10H,5-6,13H2. The summed E-state index contributed by atoms with van der Waals surface area (Å²) in [6.45, 7) is 1.15. The minimum absolute atomic E-state index is 0.127. The van der Waals surface area contributed by atoms with Crippen molar-refractivity contribution in [1.82, 2.24) is 14.8 Å². The van der Waals surface area contributed by atoms with Crippen LogP contribution in [0, 0.1) is 5.82 Å². The zero-order valence-corrected chi connectivity index (χ0v) is 8.75. The predicted molar refractivity (Wildman–Crippen MR) is 58.2 cm³/mol. The zero-order valence-electron chi connectivity index (χ0n) is 8.75. The Bertz CT molecular complexity index is 424. The van der Waals surface area contributed by atoms with Gasteiger partial charge < -0.3 is 5.73 Å². The molecule has 0 aliphatic rings. The van der Waals surface area contributed by atoms with Crippen molar-refractivity contribution in [3.8, 4) is 0 Å². The van der Waals surface area contributed by atoms with Gasteiger partial charge in [0.2, 0.25) is 0 Å². The molecule has 84 valence electrons. The quantitative estimate of drug-likeness (QED) is 0.841. The van der Waals surface area contributed by atoms with E-state index in [0.717, 1.165) is 5.56 Å². The Morgan fingerprint density at radius 2 is 2.06 bits per heavy atom. The van der Waals surface area contributed by atoms with E-state index in [0.29, 0.717) is 13.1 Å². The summed E-state index contributed by atoms with van der Waals surface area (Å²) >= 11 is 0. The molecule has 2 rings (SSSR count). The maximum Gasteiger partial charge on any atom is 0.137 e. The van der Waals surface area contributed by atoms with Crippen LogP contribution in [0.2, 0.25) is 0 Å². The van der Waals surface area contributed by atoms with Gasteiger partial charge in [0.05, 0.1) is 6.54 Å². The van der Waals surface area contributed by atoms with E-state index in [4.69, 9.17) is 5.73 Å². The lowest BCUT2D eigenvalue weighted by atomic mass is 9.99. The van der Waals surface area contributed by atoms with Gasteiger partial charge in [0, 0.05) is 12.5 Å². The second-order valence-electron chi connectivity index (χ2n) is 3.60. The van der Waals surface area contributed by atoms with Crippen LogP contribution in [0.4, 0.5) is 4.39 Å². The summed E-state index contributed by atoms with van der Waals surface area (Å²) in [5, 5.41) is 4.02. The Morgan fingerprint density at radius 1 is 1.31 bits per heavy atom. The molecule has 0 bridgehead atoms. The van der Waals surface area contributed by atoms with E-state index in [2.05, 4.69) is 10.1 Å². The molecular formula is C11H13FN4. The zero-order chi connectivity index (χ0) is 11.4. The third-order valence-corrected chi connectivity index (χ3v) is 2.50. The highest BCUT2D eigenvalue weighted by molar-refractivity contribution is 5.20. The molecule has 16 heavy (non-hydrogen) atoms. The van der Waals surface area contributed by atoms with Crippen LogP contribution in [0.1, 0.15) is 11.5 Å². The smallest absolute Gasteiger partial charge is 0.137 e. The summed E-state index contributed by atoms with van der Waals surface area (Å²) in [5.74, 6) is -0.109. The SMILES string of the molecule is NCC(Cn1cncn1)c1ccc(F)cc1. The second kappa shape index (κ2) is 4.85. The van der Waals surface area contributed by atoms with Crippen LogP contribution in [0.3, 0.4) is 0 Å². The number of benzene rings is 1. The first kappa shape index (κ1) is 10.8. The van der Waals surface area contributed by atoms with Crippen molar-refractivity contribution in [3.63, 3.8) is 0 Å². The van der Waals surface area contributed by atoms with E-state index in [1.807, 2.05) is 0 Å². The molecule has 2 aromatic rings. The van der Waals surface area contributed by atoms with Crippen LogP contribution in [-0.4, -0.2) is 21.3 Å². The van der Waals surface area contributed by atoms with Crippen LogP contribution >= 0.6 is 0 Å². The van der Waals surface area contributed by atoms with E-state index in [1.54, 1.807) is 23.1 Å². The number of rotatable bonds is 4. The maximum atomic E-state index is 12.8. The molecule has 0 saturated carbocycles. The fraction of sp³-hybridized carbons (Fsp3) is 0.273. The van der Waals surface area contributed by atoms with E-state index in [9.17, 15) is 4.39 Å². The number of aromatic nitrogens is 3. The van der Waals surface area contributed by atoms with Gasteiger partial charge in [-0.1, -0.05) is 12.1 Å². The molecule has 2 N–H and O–H groups in total. The number of hydrogen-bond acceptors (Lipinski definition) is 3. The Morgan fingerprint density at radius 3 is 2.62 bits per heavy atom. The summed E-state index contributed by atoms with van der Waals surface area (Å²) in [6, 6.07) is 6.40. The molecule has 5 heteroatoms. The number of hydrogen-bond donors (Lipinski definition) is 1. The van der Waals surface area contributed by atoms with Crippen LogP contribution in [0.5, 0.6) is 0 Å². The highest BCUT2D eigenvalue weighted by atomic mass is 19.1.